The van der Waals surface area contributed by atoms with Crippen LogP contribution in [-0.4, -0.2) is 14.5 Å². The van der Waals surface area contributed by atoms with Crippen molar-refractivity contribution in [1.82, 2.24) is 9.38 Å². The van der Waals surface area contributed by atoms with Crippen LogP contribution in [0.4, 0.5) is 0 Å². The number of imidazole rings is 1. The Balaban J connectivity index is 2.41. The lowest BCUT2D eigenvalue weighted by Gasteiger charge is -2.07. The lowest BCUT2D eigenvalue weighted by Crippen LogP contribution is -2.07. The van der Waals surface area contributed by atoms with Gasteiger partial charge in [-0.25, -0.2) is 4.98 Å². The lowest BCUT2D eigenvalue weighted by molar-refractivity contribution is 0.139. The molecular weight excluding hydrogens is 190 g/mol. The molecule has 0 amide bonds. The van der Waals surface area contributed by atoms with Crippen molar-refractivity contribution >= 4 is 5.65 Å². The predicted octanol–water partition coefficient (Wildman–Crippen LogP) is 1.53. The maximum Gasteiger partial charge on any atom is 0.137 e. The number of aromatic nitrogens is 2. The molecule has 0 aliphatic heterocycles. The van der Waals surface area contributed by atoms with Crippen LogP contribution in [0.5, 0.6) is 0 Å². The highest BCUT2D eigenvalue weighted by molar-refractivity contribution is 5.39. The molecule has 4 heteroatoms. The molecule has 0 fully saturated rings. The Kier molecular flexibility index (Phi) is 2.40. The summed E-state index contributed by atoms with van der Waals surface area (Å²) in [5, 5.41) is 18.5. The van der Waals surface area contributed by atoms with E-state index in [0.717, 1.165) is 5.65 Å². The number of aliphatic hydroxyl groups is 1. The third-order valence-corrected chi connectivity index (χ3v) is 2.36. The smallest absolute Gasteiger partial charge is 0.137 e. The first kappa shape index (κ1) is 9.69. The van der Waals surface area contributed by atoms with E-state index in [1.165, 1.54) is 0 Å². The van der Waals surface area contributed by atoms with Gasteiger partial charge in [-0.15, -0.1) is 0 Å². The second-order valence-corrected chi connectivity index (χ2v) is 3.49. The van der Waals surface area contributed by atoms with E-state index >= 15 is 0 Å². The summed E-state index contributed by atoms with van der Waals surface area (Å²) < 4.78 is 1.82. The van der Waals surface area contributed by atoms with Gasteiger partial charge >= 0.3 is 0 Å². The first-order valence-electron chi connectivity index (χ1n) is 4.73. The molecule has 2 atom stereocenters. The molecule has 2 rings (SSSR count). The predicted molar refractivity (Wildman–Crippen MR) is 54.9 cm³/mol. The van der Waals surface area contributed by atoms with Gasteiger partial charge in [0.15, 0.2) is 0 Å². The van der Waals surface area contributed by atoms with Crippen molar-refractivity contribution in [3.05, 3.63) is 36.3 Å². The Morgan fingerprint density at radius 1 is 1.53 bits per heavy atom. The van der Waals surface area contributed by atoms with Gasteiger partial charge < -0.3 is 9.51 Å². The van der Waals surface area contributed by atoms with Crippen molar-refractivity contribution in [3.8, 4) is 6.07 Å². The topological polar surface area (TPSA) is 61.3 Å². The van der Waals surface area contributed by atoms with Gasteiger partial charge in [0.1, 0.15) is 11.8 Å². The highest BCUT2D eigenvalue weighted by Gasteiger charge is 2.18. The number of fused-ring (bicyclic) bond motifs is 1. The van der Waals surface area contributed by atoms with E-state index in [0.29, 0.717) is 5.69 Å². The molecule has 2 unspecified atom stereocenters. The van der Waals surface area contributed by atoms with Crippen LogP contribution in [0, 0.1) is 17.2 Å². The highest BCUT2D eigenvalue weighted by atomic mass is 16.3. The third-order valence-electron chi connectivity index (χ3n) is 2.36. The molecule has 0 radical (unpaired) electrons. The highest BCUT2D eigenvalue weighted by Crippen LogP contribution is 2.20. The summed E-state index contributed by atoms with van der Waals surface area (Å²) in [7, 11) is 0. The number of nitrogens with zero attached hydrogens (tertiary/aromatic N) is 3. The Labute approximate surface area is 87.4 Å². The molecular formula is C11H11N3O. The summed E-state index contributed by atoms with van der Waals surface area (Å²) in [4.78, 5) is 4.24. The van der Waals surface area contributed by atoms with Crippen LogP contribution in [-0.2, 0) is 0 Å². The van der Waals surface area contributed by atoms with Crippen LogP contribution in [0.2, 0.25) is 0 Å². The fourth-order valence-corrected chi connectivity index (χ4v) is 1.42. The van der Waals surface area contributed by atoms with Gasteiger partial charge in [0.25, 0.3) is 0 Å². The Bertz CT molecular complexity index is 479. The summed E-state index contributed by atoms with van der Waals surface area (Å²) in [5.74, 6) is -0.449. The molecule has 0 saturated heterocycles. The number of pyridine rings is 1. The monoisotopic (exact) mass is 201 g/mol. The van der Waals surface area contributed by atoms with Gasteiger partial charge in [0, 0.05) is 12.4 Å². The van der Waals surface area contributed by atoms with E-state index in [4.69, 9.17) is 5.26 Å². The van der Waals surface area contributed by atoms with E-state index in [-0.39, 0.29) is 0 Å². The summed E-state index contributed by atoms with van der Waals surface area (Å²) in [6, 6.07) is 7.63. The van der Waals surface area contributed by atoms with Crippen LogP contribution in [0.15, 0.2) is 30.6 Å². The van der Waals surface area contributed by atoms with Gasteiger partial charge in [0.05, 0.1) is 17.7 Å². The number of aliphatic hydroxyl groups excluding tert-OH is 1. The molecule has 0 bridgehead atoms. The second kappa shape index (κ2) is 3.71. The zero-order valence-corrected chi connectivity index (χ0v) is 8.33. The standard InChI is InChI=1S/C11H11N3O/c1-8(6-12)11(15)9-7-14-5-3-2-4-10(14)13-9/h2-5,7-8,11,15H,1H3. The fourth-order valence-electron chi connectivity index (χ4n) is 1.42. The maximum absolute atomic E-state index is 9.79. The van der Waals surface area contributed by atoms with Gasteiger partial charge in [0.2, 0.25) is 0 Å². The molecule has 0 aromatic carbocycles. The van der Waals surface area contributed by atoms with Crippen LogP contribution in [0.25, 0.3) is 5.65 Å². The normalized spacial score (nSPS) is 14.7. The molecule has 2 heterocycles. The number of hydrogen-bond donors (Lipinski definition) is 1. The zero-order chi connectivity index (χ0) is 10.8. The minimum absolute atomic E-state index is 0.449. The number of nitriles is 1. The van der Waals surface area contributed by atoms with Crippen LogP contribution in [0.1, 0.15) is 18.7 Å². The van der Waals surface area contributed by atoms with E-state index < -0.39 is 12.0 Å². The number of hydrogen-bond acceptors (Lipinski definition) is 3. The van der Waals surface area contributed by atoms with Crippen LogP contribution >= 0.6 is 0 Å². The van der Waals surface area contributed by atoms with Crippen LogP contribution in [0.3, 0.4) is 0 Å². The van der Waals surface area contributed by atoms with E-state index in [2.05, 4.69) is 4.98 Å². The van der Waals surface area contributed by atoms with Crippen molar-refractivity contribution in [1.29, 1.82) is 5.26 Å². The van der Waals surface area contributed by atoms with Gasteiger partial charge in [-0.05, 0) is 19.1 Å². The van der Waals surface area contributed by atoms with Gasteiger partial charge in [-0.2, -0.15) is 5.26 Å². The van der Waals surface area contributed by atoms with Gasteiger partial charge in [-0.1, -0.05) is 6.07 Å². The molecule has 2 aromatic heterocycles. The Morgan fingerprint density at radius 3 is 3.00 bits per heavy atom. The molecule has 2 aromatic rings. The minimum Gasteiger partial charge on any atom is -0.385 e. The van der Waals surface area contributed by atoms with Crippen molar-refractivity contribution in [2.75, 3.05) is 0 Å². The fraction of sp³-hybridized carbons (Fsp3) is 0.273. The van der Waals surface area contributed by atoms with Crippen molar-refractivity contribution in [3.63, 3.8) is 0 Å². The Morgan fingerprint density at radius 2 is 2.33 bits per heavy atom. The van der Waals surface area contributed by atoms with E-state index in [1.807, 2.05) is 34.9 Å². The quantitative estimate of drug-likeness (QED) is 0.801. The number of rotatable bonds is 2. The molecule has 76 valence electrons. The maximum atomic E-state index is 9.79. The second-order valence-electron chi connectivity index (χ2n) is 3.49. The average Bonchev–Trinajstić information content (AvgIpc) is 2.70. The van der Waals surface area contributed by atoms with Crippen molar-refractivity contribution in [2.24, 2.45) is 5.92 Å². The minimum atomic E-state index is -0.824. The lowest BCUT2D eigenvalue weighted by atomic mass is 10.0. The zero-order valence-electron chi connectivity index (χ0n) is 8.33. The summed E-state index contributed by atoms with van der Waals surface area (Å²) in [6.45, 7) is 1.68. The van der Waals surface area contributed by atoms with Crippen LogP contribution < -0.4 is 0 Å². The molecule has 0 aliphatic carbocycles. The molecule has 0 spiro atoms. The molecule has 0 saturated carbocycles. The molecule has 15 heavy (non-hydrogen) atoms. The SMILES string of the molecule is CC(C#N)C(O)c1cn2ccccc2n1. The van der Waals surface area contributed by atoms with Gasteiger partial charge in [-0.3, -0.25) is 0 Å². The Hall–Kier alpha value is -1.86. The largest absolute Gasteiger partial charge is 0.385 e. The molecule has 0 aliphatic rings. The van der Waals surface area contributed by atoms with E-state index in [9.17, 15) is 5.11 Å². The first-order chi connectivity index (χ1) is 7.22. The average molecular weight is 201 g/mol. The summed E-state index contributed by atoms with van der Waals surface area (Å²) >= 11 is 0. The van der Waals surface area contributed by atoms with E-state index in [1.54, 1.807) is 13.1 Å². The van der Waals surface area contributed by atoms with Crippen molar-refractivity contribution < 1.29 is 5.11 Å². The molecule has 1 N–H and O–H groups in total. The first-order valence-corrected chi connectivity index (χ1v) is 4.73. The molecule has 4 nitrogen and oxygen atoms in total. The van der Waals surface area contributed by atoms with Crippen molar-refractivity contribution in [2.45, 2.75) is 13.0 Å². The summed E-state index contributed by atoms with van der Waals surface area (Å²) in [5.41, 5.74) is 1.31. The third kappa shape index (κ3) is 1.69. The summed E-state index contributed by atoms with van der Waals surface area (Å²) in [6.07, 6.45) is 2.78.